The van der Waals surface area contributed by atoms with Crippen LogP contribution in [0, 0.1) is 6.92 Å². The Labute approximate surface area is 116 Å². The third-order valence-corrected chi connectivity index (χ3v) is 3.78. The minimum atomic E-state index is -0.450. The highest BCUT2D eigenvalue weighted by atomic mass is 16.4. The summed E-state index contributed by atoms with van der Waals surface area (Å²) in [5, 5.41) is 2.87. The van der Waals surface area contributed by atoms with E-state index in [1.807, 2.05) is 0 Å². The molecule has 1 aromatic heterocycles. The van der Waals surface area contributed by atoms with E-state index in [0.29, 0.717) is 37.0 Å². The predicted octanol–water partition coefficient (Wildman–Crippen LogP) is 0.743. The summed E-state index contributed by atoms with van der Waals surface area (Å²) in [6.07, 6.45) is 2.87. The van der Waals surface area contributed by atoms with Crippen molar-refractivity contribution >= 4 is 11.9 Å². The van der Waals surface area contributed by atoms with Gasteiger partial charge in [-0.2, -0.15) is 0 Å². The molecule has 2 fully saturated rings. The van der Waals surface area contributed by atoms with Crippen molar-refractivity contribution in [1.29, 1.82) is 0 Å². The number of rotatable bonds is 3. The number of carbonyl (C=O) groups is 2. The fourth-order valence-electron chi connectivity index (χ4n) is 2.46. The van der Waals surface area contributed by atoms with Crippen molar-refractivity contribution < 1.29 is 14.0 Å². The zero-order valence-electron chi connectivity index (χ0n) is 11.4. The SMILES string of the molecule is Cc1nc(C2CC2)oc1C(=O)NC1CCN(C(N)=O)C1. The Kier molecular flexibility index (Phi) is 3.11. The molecule has 1 saturated carbocycles. The van der Waals surface area contributed by atoms with E-state index < -0.39 is 6.03 Å². The molecule has 0 aromatic carbocycles. The average molecular weight is 278 g/mol. The minimum Gasteiger partial charge on any atom is -0.435 e. The molecule has 3 amide bonds. The number of urea groups is 1. The Balaban J connectivity index is 1.63. The Hall–Kier alpha value is -2.05. The van der Waals surface area contributed by atoms with E-state index in [9.17, 15) is 9.59 Å². The van der Waals surface area contributed by atoms with Gasteiger partial charge in [0.25, 0.3) is 5.91 Å². The molecule has 1 aliphatic heterocycles. The Morgan fingerprint density at radius 3 is 2.75 bits per heavy atom. The number of oxazole rings is 1. The van der Waals surface area contributed by atoms with Crippen LogP contribution in [0.3, 0.4) is 0 Å². The van der Waals surface area contributed by atoms with Gasteiger partial charge in [0.2, 0.25) is 5.76 Å². The molecule has 1 aromatic rings. The van der Waals surface area contributed by atoms with Crippen molar-refractivity contribution in [2.75, 3.05) is 13.1 Å². The van der Waals surface area contributed by atoms with E-state index >= 15 is 0 Å². The summed E-state index contributed by atoms with van der Waals surface area (Å²) in [5.41, 5.74) is 5.83. The number of carbonyl (C=O) groups excluding carboxylic acids is 2. The van der Waals surface area contributed by atoms with Gasteiger partial charge >= 0.3 is 6.03 Å². The van der Waals surface area contributed by atoms with Crippen LogP contribution in [0.4, 0.5) is 4.79 Å². The van der Waals surface area contributed by atoms with Crippen LogP contribution in [0.5, 0.6) is 0 Å². The summed E-state index contributed by atoms with van der Waals surface area (Å²) in [7, 11) is 0. The lowest BCUT2D eigenvalue weighted by Crippen LogP contribution is -2.40. The van der Waals surface area contributed by atoms with Gasteiger partial charge in [-0.05, 0) is 26.2 Å². The second-order valence-corrected chi connectivity index (χ2v) is 5.48. The maximum Gasteiger partial charge on any atom is 0.314 e. The monoisotopic (exact) mass is 278 g/mol. The molecule has 7 nitrogen and oxygen atoms in total. The zero-order chi connectivity index (χ0) is 14.3. The first-order valence-electron chi connectivity index (χ1n) is 6.87. The molecule has 1 unspecified atom stereocenters. The fraction of sp³-hybridized carbons (Fsp3) is 0.615. The van der Waals surface area contributed by atoms with E-state index in [1.165, 1.54) is 4.90 Å². The van der Waals surface area contributed by atoms with Gasteiger partial charge in [0.1, 0.15) is 0 Å². The fourth-order valence-corrected chi connectivity index (χ4v) is 2.46. The number of hydrogen-bond donors (Lipinski definition) is 2. The molecule has 0 radical (unpaired) electrons. The number of nitrogens with one attached hydrogen (secondary N) is 1. The summed E-state index contributed by atoms with van der Waals surface area (Å²) in [5.74, 6) is 1.06. The van der Waals surface area contributed by atoms with Crippen molar-refractivity contribution in [3.05, 3.63) is 17.3 Å². The number of nitrogens with two attached hydrogens (primary N) is 1. The lowest BCUT2D eigenvalue weighted by atomic mass is 10.2. The van der Waals surface area contributed by atoms with Crippen molar-refractivity contribution in [1.82, 2.24) is 15.2 Å². The first-order valence-corrected chi connectivity index (χ1v) is 6.87. The summed E-state index contributed by atoms with van der Waals surface area (Å²) >= 11 is 0. The molecule has 0 spiro atoms. The molecular formula is C13H18N4O3. The van der Waals surface area contributed by atoms with Gasteiger partial charge in [0, 0.05) is 25.0 Å². The maximum absolute atomic E-state index is 12.2. The number of hydrogen-bond acceptors (Lipinski definition) is 4. The van der Waals surface area contributed by atoms with Crippen LogP contribution in [0.25, 0.3) is 0 Å². The van der Waals surface area contributed by atoms with E-state index in [2.05, 4.69) is 10.3 Å². The van der Waals surface area contributed by atoms with Gasteiger partial charge in [0.05, 0.1) is 5.69 Å². The predicted molar refractivity (Wildman–Crippen MR) is 70.2 cm³/mol. The van der Waals surface area contributed by atoms with Crippen molar-refractivity contribution in [2.45, 2.75) is 38.1 Å². The van der Waals surface area contributed by atoms with Gasteiger partial charge in [-0.15, -0.1) is 0 Å². The van der Waals surface area contributed by atoms with Crippen LogP contribution >= 0.6 is 0 Å². The maximum atomic E-state index is 12.2. The van der Waals surface area contributed by atoms with Gasteiger partial charge < -0.3 is 20.4 Å². The van der Waals surface area contributed by atoms with Gasteiger partial charge in [-0.1, -0.05) is 0 Å². The Morgan fingerprint density at radius 2 is 2.15 bits per heavy atom. The van der Waals surface area contributed by atoms with Crippen LogP contribution < -0.4 is 11.1 Å². The molecule has 1 saturated heterocycles. The number of primary amides is 1. The first-order chi connectivity index (χ1) is 9.54. The second-order valence-electron chi connectivity index (χ2n) is 5.48. The molecule has 3 N–H and O–H groups in total. The van der Waals surface area contributed by atoms with Gasteiger partial charge in [-0.3, -0.25) is 4.79 Å². The first kappa shape index (κ1) is 13.0. The number of aromatic nitrogens is 1. The lowest BCUT2D eigenvalue weighted by Gasteiger charge is -2.13. The van der Waals surface area contributed by atoms with Gasteiger partial charge in [0.15, 0.2) is 5.89 Å². The highest BCUT2D eigenvalue weighted by molar-refractivity contribution is 5.92. The normalized spacial score (nSPS) is 22.1. The van der Waals surface area contributed by atoms with E-state index in [0.717, 1.165) is 12.8 Å². The molecule has 1 aliphatic carbocycles. The highest BCUT2D eigenvalue weighted by Gasteiger charge is 2.32. The van der Waals surface area contributed by atoms with Crippen molar-refractivity contribution in [3.63, 3.8) is 0 Å². The van der Waals surface area contributed by atoms with E-state index in [1.54, 1.807) is 6.92 Å². The molecule has 0 bridgehead atoms. The lowest BCUT2D eigenvalue weighted by molar-refractivity contribution is 0.0907. The van der Waals surface area contributed by atoms with E-state index in [-0.39, 0.29) is 17.7 Å². The topological polar surface area (TPSA) is 101 Å². The van der Waals surface area contributed by atoms with Crippen LogP contribution in [0.1, 0.15) is 47.3 Å². The smallest absolute Gasteiger partial charge is 0.314 e. The van der Waals surface area contributed by atoms with E-state index in [4.69, 9.17) is 10.2 Å². The molecule has 2 aliphatic rings. The third kappa shape index (κ3) is 2.48. The highest BCUT2D eigenvalue weighted by Crippen LogP contribution is 2.40. The van der Waals surface area contributed by atoms with Crippen LogP contribution in [-0.2, 0) is 0 Å². The van der Waals surface area contributed by atoms with Crippen molar-refractivity contribution in [3.8, 4) is 0 Å². The third-order valence-electron chi connectivity index (χ3n) is 3.78. The molecule has 20 heavy (non-hydrogen) atoms. The second kappa shape index (κ2) is 4.81. The summed E-state index contributed by atoms with van der Waals surface area (Å²) in [4.78, 5) is 29.0. The molecular weight excluding hydrogens is 260 g/mol. The quantitative estimate of drug-likeness (QED) is 0.851. The van der Waals surface area contributed by atoms with Crippen LogP contribution in [0.15, 0.2) is 4.42 Å². The summed E-state index contributed by atoms with van der Waals surface area (Å²) in [6.45, 7) is 2.79. The molecule has 2 heterocycles. The standard InChI is InChI=1S/C13H18N4O3/c1-7-10(20-12(15-7)8-2-3-8)11(18)16-9-4-5-17(6-9)13(14)19/h8-9H,2-6H2,1H3,(H2,14,19)(H,16,18). The van der Waals surface area contributed by atoms with Gasteiger partial charge in [-0.25, -0.2) is 9.78 Å². The Bertz CT molecular complexity index is 550. The number of aryl methyl sites for hydroxylation is 1. The largest absolute Gasteiger partial charge is 0.435 e. The summed E-state index contributed by atoms with van der Waals surface area (Å²) in [6, 6.07) is -0.530. The number of nitrogens with zero attached hydrogens (tertiary/aromatic N) is 2. The van der Waals surface area contributed by atoms with Crippen molar-refractivity contribution in [2.24, 2.45) is 5.73 Å². The minimum absolute atomic E-state index is 0.0797. The average Bonchev–Trinajstić information content (AvgIpc) is 3.01. The van der Waals surface area contributed by atoms with Crippen LogP contribution in [0.2, 0.25) is 0 Å². The zero-order valence-corrected chi connectivity index (χ0v) is 11.4. The molecule has 7 heteroatoms. The Morgan fingerprint density at radius 1 is 1.40 bits per heavy atom. The summed E-state index contributed by atoms with van der Waals surface area (Å²) < 4.78 is 5.56. The molecule has 1 atom stereocenters. The van der Waals surface area contributed by atoms with Crippen LogP contribution in [-0.4, -0.2) is 41.0 Å². The number of amides is 3. The number of likely N-dealkylation sites (tertiary alicyclic amines) is 1. The molecule has 108 valence electrons. The molecule has 3 rings (SSSR count).